The third-order valence-corrected chi connectivity index (χ3v) is 7.77. The molecule has 38 heavy (non-hydrogen) atoms. The molecule has 3 heterocycles. The highest BCUT2D eigenvalue weighted by atomic mass is 32.2. The van der Waals surface area contributed by atoms with E-state index in [-0.39, 0.29) is 5.91 Å². The van der Waals surface area contributed by atoms with E-state index in [0.29, 0.717) is 5.69 Å². The lowest BCUT2D eigenvalue weighted by Gasteiger charge is -2.20. The summed E-state index contributed by atoms with van der Waals surface area (Å²) in [6.45, 7) is 7.23. The molecule has 0 spiro atoms. The molecule has 5 aromatic rings. The number of rotatable bonds is 11. The Kier molecular flexibility index (Phi) is 8.15. The predicted molar refractivity (Wildman–Crippen MR) is 155 cm³/mol. The molecule has 0 saturated heterocycles. The van der Waals surface area contributed by atoms with Crippen molar-refractivity contribution in [2.75, 3.05) is 31.2 Å². The van der Waals surface area contributed by atoms with Crippen molar-refractivity contribution >= 4 is 45.3 Å². The molecule has 0 aliphatic rings. The predicted octanol–water partition coefficient (Wildman–Crippen LogP) is 7.22. The molecule has 0 unspecified atom stereocenters. The number of carbonyl (C=O) groups is 1. The minimum Gasteiger partial charge on any atom is -0.463 e. The molecule has 0 radical (unpaired) electrons. The first kappa shape index (κ1) is 26.1. The average molecular weight is 528 g/mol. The van der Waals surface area contributed by atoms with Gasteiger partial charge >= 0.3 is 0 Å². The topological polar surface area (TPSA) is 71.5 Å². The number of aryl methyl sites for hydroxylation is 1. The van der Waals surface area contributed by atoms with Crippen LogP contribution in [0.2, 0.25) is 0 Å². The van der Waals surface area contributed by atoms with Gasteiger partial charge in [-0.05, 0) is 73.7 Å². The summed E-state index contributed by atoms with van der Waals surface area (Å²) in [5.41, 5.74) is 5.48. The number of pyridine rings is 1. The van der Waals surface area contributed by atoms with Crippen molar-refractivity contribution in [2.45, 2.75) is 38.0 Å². The van der Waals surface area contributed by atoms with Crippen molar-refractivity contribution < 1.29 is 13.6 Å². The first-order chi connectivity index (χ1) is 18.6. The summed E-state index contributed by atoms with van der Waals surface area (Å²) in [4.78, 5) is 20.4. The number of nitrogens with zero attached hydrogens (tertiary/aromatic N) is 2. The Hall–Kier alpha value is -3.55. The van der Waals surface area contributed by atoms with E-state index in [1.165, 1.54) is 21.4 Å². The monoisotopic (exact) mass is 527 g/mol. The van der Waals surface area contributed by atoms with E-state index in [1.54, 1.807) is 30.1 Å². The van der Waals surface area contributed by atoms with Gasteiger partial charge in [-0.1, -0.05) is 26.0 Å². The minimum atomic E-state index is -0.221. The molecule has 1 amide bonds. The minimum absolute atomic E-state index is 0.221. The maximum atomic E-state index is 12.6. The summed E-state index contributed by atoms with van der Waals surface area (Å²) in [6, 6.07) is 17.7. The number of carbonyl (C=O) groups excluding carboxylic acids is 1. The van der Waals surface area contributed by atoms with Crippen LogP contribution < -0.4 is 5.32 Å². The van der Waals surface area contributed by atoms with Gasteiger partial charge in [0.2, 0.25) is 0 Å². The molecule has 196 valence electrons. The second kappa shape index (κ2) is 11.9. The van der Waals surface area contributed by atoms with Gasteiger partial charge in [0.15, 0.2) is 0 Å². The number of hydrogen-bond acceptors (Lipinski definition) is 6. The highest BCUT2D eigenvalue weighted by Gasteiger charge is 2.16. The van der Waals surface area contributed by atoms with Crippen LogP contribution in [0, 0.1) is 0 Å². The van der Waals surface area contributed by atoms with Gasteiger partial charge < -0.3 is 19.1 Å². The van der Waals surface area contributed by atoms with Crippen LogP contribution in [0.5, 0.6) is 0 Å². The van der Waals surface area contributed by atoms with Gasteiger partial charge in [-0.3, -0.25) is 9.78 Å². The fraction of sp³-hybridized carbons (Fsp3) is 0.290. The second-order valence-corrected chi connectivity index (χ2v) is 10.2. The third-order valence-electron chi connectivity index (χ3n) is 7.02. The number of likely N-dealkylation sites (N-methyl/N-ethyl adjacent to an activating group) is 1. The number of amides is 1. The van der Waals surface area contributed by atoms with E-state index in [1.807, 2.05) is 30.5 Å². The second-order valence-electron chi connectivity index (χ2n) is 9.31. The fourth-order valence-electron chi connectivity index (χ4n) is 4.88. The molecule has 0 aliphatic carbocycles. The average Bonchev–Trinajstić information content (AvgIpc) is 3.53. The summed E-state index contributed by atoms with van der Waals surface area (Å²) in [6.07, 6.45) is 8.24. The smallest absolute Gasteiger partial charge is 0.274 e. The Morgan fingerprint density at radius 3 is 2.61 bits per heavy atom. The summed E-state index contributed by atoms with van der Waals surface area (Å²) < 4.78 is 11.9. The number of fused-ring (bicyclic) bond motifs is 2. The number of thioether (sulfide) groups is 1. The molecule has 7 heteroatoms. The molecule has 0 aliphatic heterocycles. The van der Waals surface area contributed by atoms with Gasteiger partial charge in [-0.15, -0.1) is 11.8 Å². The third kappa shape index (κ3) is 5.64. The van der Waals surface area contributed by atoms with Crippen molar-refractivity contribution in [3.8, 4) is 0 Å². The zero-order valence-electron chi connectivity index (χ0n) is 22.1. The van der Waals surface area contributed by atoms with Gasteiger partial charge in [-0.2, -0.15) is 0 Å². The SMILES string of the molecule is CCc1oc2ccc(NC(=O)c3ccccn3)cc2c1CCN(CC)CCc1ccc2occ(SC)c2c1. The van der Waals surface area contributed by atoms with Crippen LogP contribution >= 0.6 is 11.8 Å². The quantitative estimate of drug-likeness (QED) is 0.183. The Balaban J connectivity index is 1.28. The number of furan rings is 2. The van der Waals surface area contributed by atoms with Gasteiger partial charge in [0.25, 0.3) is 5.91 Å². The molecule has 3 aromatic heterocycles. The maximum Gasteiger partial charge on any atom is 0.274 e. The number of anilines is 1. The zero-order chi connectivity index (χ0) is 26.5. The van der Waals surface area contributed by atoms with Crippen LogP contribution in [0.25, 0.3) is 21.9 Å². The van der Waals surface area contributed by atoms with Crippen molar-refractivity contribution in [2.24, 2.45) is 0 Å². The van der Waals surface area contributed by atoms with Gasteiger partial charge in [0.1, 0.15) is 28.9 Å². The van der Waals surface area contributed by atoms with Crippen molar-refractivity contribution in [1.29, 1.82) is 0 Å². The molecule has 2 aromatic carbocycles. The van der Waals surface area contributed by atoms with Crippen LogP contribution in [0.4, 0.5) is 5.69 Å². The molecule has 0 saturated carbocycles. The van der Waals surface area contributed by atoms with E-state index in [4.69, 9.17) is 8.83 Å². The highest BCUT2D eigenvalue weighted by Crippen LogP contribution is 2.31. The number of benzene rings is 2. The summed E-state index contributed by atoms with van der Waals surface area (Å²) in [7, 11) is 0. The Morgan fingerprint density at radius 1 is 1.00 bits per heavy atom. The number of aromatic nitrogens is 1. The first-order valence-electron chi connectivity index (χ1n) is 13.1. The van der Waals surface area contributed by atoms with Crippen LogP contribution in [0.15, 0.2) is 80.8 Å². The number of nitrogens with one attached hydrogen (secondary N) is 1. The lowest BCUT2D eigenvalue weighted by atomic mass is 10.0. The molecule has 1 N–H and O–H groups in total. The lowest BCUT2D eigenvalue weighted by Crippen LogP contribution is -2.28. The summed E-state index contributed by atoms with van der Waals surface area (Å²) >= 11 is 1.72. The lowest BCUT2D eigenvalue weighted by molar-refractivity contribution is 0.102. The summed E-state index contributed by atoms with van der Waals surface area (Å²) in [5, 5.41) is 5.23. The zero-order valence-corrected chi connectivity index (χ0v) is 22.9. The molecular weight excluding hydrogens is 494 g/mol. The largest absolute Gasteiger partial charge is 0.463 e. The Bertz CT molecular complexity index is 1540. The molecule has 0 fully saturated rings. The molecule has 0 atom stereocenters. The molecule has 5 rings (SSSR count). The van der Waals surface area contributed by atoms with E-state index in [2.05, 4.69) is 53.5 Å². The van der Waals surface area contributed by atoms with E-state index >= 15 is 0 Å². The van der Waals surface area contributed by atoms with Crippen LogP contribution in [-0.4, -0.2) is 41.7 Å². The van der Waals surface area contributed by atoms with Crippen LogP contribution in [0.3, 0.4) is 0 Å². The van der Waals surface area contributed by atoms with E-state index in [9.17, 15) is 4.79 Å². The fourth-order valence-corrected chi connectivity index (χ4v) is 5.40. The molecule has 6 nitrogen and oxygen atoms in total. The first-order valence-corrected chi connectivity index (χ1v) is 14.3. The van der Waals surface area contributed by atoms with Crippen LogP contribution in [-0.2, 0) is 19.3 Å². The molecule has 0 bridgehead atoms. The van der Waals surface area contributed by atoms with Crippen LogP contribution in [0.1, 0.15) is 41.2 Å². The highest BCUT2D eigenvalue weighted by molar-refractivity contribution is 7.98. The summed E-state index contributed by atoms with van der Waals surface area (Å²) in [5.74, 6) is 0.792. The van der Waals surface area contributed by atoms with Gasteiger partial charge in [-0.25, -0.2) is 0 Å². The van der Waals surface area contributed by atoms with Gasteiger partial charge in [0, 0.05) is 47.7 Å². The standard InChI is InChI=1S/C31H33N3O3S/c1-4-27-23(24-19-22(10-12-29(24)37-27)33-31(35)26-8-6-7-15-32-26)14-17-34(5-2)16-13-21-9-11-28-25(18-21)30(38-3)20-36-28/h6-12,15,18-20H,4-5,13-14,16-17H2,1-3H3,(H,33,35). The van der Waals surface area contributed by atoms with Crippen molar-refractivity contribution in [3.63, 3.8) is 0 Å². The van der Waals surface area contributed by atoms with Crippen molar-refractivity contribution in [1.82, 2.24) is 9.88 Å². The Morgan fingerprint density at radius 2 is 1.84 bits per heavy atom. The van der Waals surface area contributed by atoms with E-state index in [0.717, 1.165) is 66.9 Å². The Labute approximate surface area is 227 Å². The molecular formula is C31H33N3O3S. The van der Waals surface area contributed by atoms with E-state index < -0.39 is 0 Å². The normalized spacial score (nSPS) is 11.6. The number of hydrogen-bond donors (Lipinski definition) is 1. The maximum absolute atomic E-state index is 12.6. The van der Waals surface area contributed by atoms with Crippen molar-refractivity contribution in [3.05, 3.63) is 89.6 Å². The van der Waals surface area contributed by atoms with Gasteiger partial charge in [0.05, 0.1) is 4.90 Å².